The summed E-state index contributed by atoms with van der Waals surface area (Å²) in [6.07, 6.45) is 10.4. The molecule has 6 aromatic carbocycles. The summed E-state index contributed by atoms with van der Waals surface area (Å²) in [5.74, 6) is 0.441. The second-order valence-corrected chi connectivity index (χ2v) is 24.9. The molecule has 13 rings (SSSR count). The number of hydrogen-bond donors (Lipinski definition) is 4. The Bertz CT molecular complexity index is 4800. The molecule has 1 fully saturated rings. The van der Waals surface area contributed by atoms with Gasteiger partial charge in [-0.2, -0.15) is 0 Å². The van der Waals surface area contributed by atoms with E-state index in [1.54, 1.807) is 75.5 Å². The van der Waals surface area contributed by atoms with Crippen LogP contribution in [0.15, 0.2) is 214 Å². The van der Waals surface area contributed by atoms with Crippen molar-refractivity contribution in [2.45, 2.75) is 111 Å². The maximum absolute atomic E-state index is 11.9. The summed E-state index contributed by atoms with van der Waals surface area (Å²) in [5.41, 5.74) is 30.5. The fraction of sp³-hybridized carbons (Fsp3) is 0.241. The first-order valence-electron chi connectivity index (χ1n) is 33.0. The van der Waals surface area contributed by atoms with E-state index in [1.807, 2.05) is 167 Å². The first-order valence-corrected chi connectivity index (χ1v) is 33.3. The number of carboxylic acids is 1. The molecular weight excluding hydrogens is 1360 g/mol. The van der Waals surface area contributed by atoms with Gasteiger partial charge in [0.05, 0.1) is 73.9 Å². The Hall–Kier alpha value is -9.80. The predicted octanol–water partition coefficient (Wildman–Crippen LogP) is 11.7. The molecule has 21 nitrogen and oxygen atoms in total. The summed E-state index contributed by atoms with van der Waals surface area (Å²) in [6.45, 7) is 14.8. The molecular formula is C79H82BCl2LiN6O15. The summed E-state index contributed by atoms with van der Waals surface area (Å²) in [7, 11) is -0.537. The van der Waals surface area contributed by atoms with Crippen LogP contribution in [0.4, 0.5) is 0 Å². The Balaban J connectivity index is 0.000000203. The van der Waals surface area contributed by atoms with Crippen LogP contribution in [0.3, 0.4) is 0 Å². The normalized spacial score (nSPS) is 12.3. The van der Waals surface area contributed by atoms with Crippen molar-refractivity contribution in [3.05, 3.63) is 256 Å². The maximum Gasteiger partial charge on any atom is 1.00 e. The number of hydrogen-bond acceptors (Lipinski definition) is 20. The minimum absolute atomic E-state index is 0. The fourth-order valence-corrected chi connectivity index (χ4v) is 11.3. The van der Waals surface area contributed by atoms with Gasteiger partial charge < -0.3 is 74.0 Å². The molecule has 1 aliphatic heterocycles. The van der Waals surface area contributed by atoms with Gasteiger partial charge in [-0.1, -0.05) is 72.3 Å². The maximum atomic E-state index is 11.9. The van der Waals surface area contributed by atoms with Gasteiger partial charge >= 0.3 is 43.9 Å². The Morgan fingerprint density at radius 2 is 0.846 bits per heavy atom. The van der Waals surface area contributed by atoms with E-state index in [2.05, 4.69) is 15.0 Å². The third-order valence-corrected chi connectivity index (χ3v) is 17.0. The van der Waals surface area contributed by atoms with Crippen LogP contribution in [-0.4, -0.2) is 75.0 Å². The summed E-state index contributed by atoms with van der Waals surface area (Å²) in [5, 5.41) is 12.5. The Kier molecular flexibility index (Phi) is 30.3. The van der Waals surface area contributed by atoms with Crippen LogP contribution in [0.1, 0.15) is 91.6 Å². The van der Waals surface area contributed by atoms with Crippen molar-refractivity contribution in [2.75, 3.05) is 13.2 Å². The van der Waals surface area contributed by atoms with Gasteiger partial charge in [0.1, 0.15) is 59.0 Å². The van der Waals surface area contributed by atoms with Crippen molar-refractivity contribution in [3.8, 4) is 39.8 Å². The summed E-state index contributed by atoms with van der Waals surface area (Å²) in [4.78, 5) is 47.7. The zero-order valence-electron chi connectivity index (χ0n) is 59.0. The van der Waals surface area contributed by atoms with Crippen molar-refractivity contribution in [3.63, 3.8) is 0 Å². The standard InChI is InChI=1S/C25H29BO6.C25H24N2O4.C23H20N2O4.C6H7ClN2.ClH.Li.H2O/c1-6-28-22(27)15-18-9-7-8-10-21(18)30-16-17-13-19-11-12-29-23(19)20(14-17)26-31-24(2,3)25(4,5)32-26;1-2-29-24(28)14-19-5-3-4-6-23(19)31-16-18-11-20-8-10-30-25(20)21(12-18)22-13-17(15-26)7-9-27-22;24-13-15-5-7-25-20(11-15)19-10-16(9-18-6-8-28-23(18)19)14-29-21-4-2-1-3-17(21)12-22(26)27;7-6-3-5(4-8)1-2-9-6;;;/h7-14H,6,15-16H2,1-5H3;3-13H,2,14-16,26H2,1H3;1-11H,12-14,24H2,(H,26,27);1-3H,4,8H2;1H;;1H2/q;;;;;+1;/p-1. The number of fused-ring (bicyclic) bond motifs is 3. The van der Waals surface area contributed by atoms with E-state index in [4.69, 9.17) is 80.2 Å². The van der Waals surface area contributed by atoms with Crippen LogP contribution >= 0.6 is 24.0 Å². The molecule has 6 aromatic heterocycles. The molecule has 8 N–H and O–H groups in total. The van der Waals surface area contributed by atoms with Crippen LogP contribution in [0.2, 0.25) is 5.15 Å². The van der Waals surface area contributed by atoms with Crippen LogP contribution in [0.5, 0.6) is 17.2 Å². The smallest absolute Gasteiger partial charge is 0.870 e. The molecule has 7 heterocycles. The Labute approximate surface area is 626 Å². The number of aliphatic carboxylic acids is 1. The van der Waals surface area contributed by atoms with Crippen molar-refractivity contribution < 1.29 is 90.1 Å². The number of para-hydroxylation sites is 3. The molecule has 0 amide bonds. The van der Waals surface area contributed by atoms with Crippen molar-refractivity contribution in [1.82, 2.24) is 15.0 Å². The fourth-order valence-electron chi connectivity index (χ4n) is 11.1. The number of carboxylic acid groups (broad SMARTS) is 1. The van der Waals surface area contributed by atoms with E-state index < -0.39 is 24.3 Å². The number of esters is 2. The molecule has 0 radical (unpaired) electrons. The molecule has 25 heteroatoms. The number of rotatable bonds is 23. The largest absolute Gasteiger partial charge is 1.00 e. The number of ether oxygens (including phenoxy) is 5. The van der Waals surface area contributed by atoms with E-state index in [0.717, 1.165) is 105 Å². The van der Waals surface area contributed by atoms with Crippen LogP contribution < -0.4 is 55.7 Å². The first kappa shape index (κ1) is 81.5. The summed E-state index contributed by atoms with van der Waals surface area (Å²) < 4.78 is 57.9. The van der Waals surface area contributed by atoms with Gasteiger partial charge in [-0.25, -0.2) is 4.98 Å². The topological polar surface area (TPSA) is 322 Å². The molecule has 1 saturated heterocycles. The molecule has 12 aromatic rings. The van der Waals surface area contributed by atoms with Crippen LogP contribution in [0, 0.1) is 0 Å². The third kappa shape index (κ3) is 21.4. The number of carbonyl (C=O) groups excluding carboxylic acids is 2. The van der Waals surface area contributed by atoms with Crippen LogP contribution in [-0.2, 0) is 91.9 Å². The van der Waals surface area contributed by atoms with Gasteiger partial charge in [0, 0.05) is 87.7 Å². The average molecular weight is 1440 g/mol. The molecule has 0 saturated carbocycles. The molecule has 0 atom stereocenters. The molecule has 0 unspecified atom stereocenters. The third-order valence-electron chi connectivity index (χ3n) is 16.8. The SMILES string of the molecule is CCOC(=O)Cc1ccccc1OCc1cc(-c2cc(CN)ccn2)c2occc2c1.CCOC(=O)Cc1ccccc1OCc1cc(B2OC(C)(C)C(C)(C)O2)c2occc2c1.Cl.NCc1ccnc(-c2cc(COc3ccccc3CC(=O)O)cc3ccoc23)c1.NCc1ccnc(Cl)c1.[Li+].[OH-]. The van der Waals surface area contributed by atoms with E-state index in [-0.39, 0.29) is 67.9 Å². The van der Waals surface area contributed by atoms with Gasteiger partial charge in [0.15, 0.2) is 0 Å². The molecule has 0 bridgehead atoms. The second kappa shape index (κ2) is 38.6. The minimum Gasteiger partial charge on any atom is -0.870 e. The molecule has 104 heavy (non-hydrogen) atoms. The van der Waals surface area contributed by atoms with Gasteiger partial charge in [0.2, 0.25) is 0 Å². The van der Waals surface area contributed by atoms with Gasteiger partial charge in [-0.3, -0.25) is 24.4 Å². The van der Waals surface area contributed by atoms with Crippen molar-refractivity contribution >= 4 is 87.4 Å². The quantitative estimate of drug-likeness (QED) is 0.0263. The summed E-state index contributed by atoms with van der Waals surface area (Å²) >= 11 is 5.56. The number of nitrogens with two attached hydrogens (primary N) is 3. The first-order chi connectivity index (χ1) is 48.8. The summed E-state index contributed by atoms with van der Waals surface area (Å²) in [6, 6.07) is 51.3. The molecule has 536 valence electrons. The number of benzene rings is 6. The minimum atomic E-state index is -0.894. The second-order valence-electron chi connectivity index (χ2n) is 24.5. The number of halogens is 2. The van der Waals surface area contributed by atoms with Crippen molar-refractivity contribution in [2.24, 2.45) is 17.2 Å². The van der Waals surface area contributed by atoms with Gasteiger partial charge in [0.25, 0.3) is 0 Å². The van der Waals surface area contributed by atoms with Gasteiger partial charge in [-0.05, 0) is 178 Å². The number of carbonyl (C=O) groups is 3. The average Bonchev–Trinajstić information content (AvgIpc) is 1.62. The number of furan rings is 3. The zero-order chi connectivity index (χ0) is 71.5. The number of nitrogens with zero attached hydrogens (tertiary/aromatic N) is 3. The van der Waals surface area contributed by atoms with Crippen LogP contribution in [0.25, 0.3) is 55.4 Å². The Morgan fingerprint density at radius 1 is 0.481 bits per heavy atom. The van der Waals surface area contributed by atoms with Gasteiger partial charge in [-0.15, -0.1) is 12.4 Å². The number of pyridine rings is 3. The number of aromatic nitrogens is 3. The van der Waals surface area contributed by atoms with E-state index in [0.29, 0.717) is 80.6 Å². The van der Waals surface area contributed by atoms with E-state index in [9.17, 15) is 14.4 Å². The molecule has 0 spiro atoms. The van der Waals surface area contributed by atoms with Crippen molar-refractivity contribution in [1.29, 1.82) is 0 Å². The molecule has 1 aliphatic rings. The van der Waals surface area contributed by atoms with E-state index in [1.165, 1.54) is 0 Å². The zero-order valence-corrected chi connectivity index (χ0v) is 60.5. The molecule has 0 aliphatic carbocycles. The van der Waals surface area contributed by atoms with E-state index >= 15 is 0 Å². The predicted molar refractivity (Wildman–Crippen MR) is 397 cm³/mol. The Morgan fingerprint density at radius 3 is 1.23 bits per heavy atom. The monoisotopic (exact) mass is 1440 g/mol.